The van der Waals surface area contributed by atoms with Gasteiger partial charge in [0.05, 0.1) is 36.6 Å². The highest BCUT2D eigenvalue weighted by Crippen LogP contribution is 2.29. The predicted octanol–water partition coefficient (Wildman–Crippen LogP) is 2.45. The lowest BCUT2D eigenvalue weighted by Crippen LogP contribution is -2.50. The van der Waals surface area contributed by atoms with Gasteiger partial charge in [0.15, 0.2) is 5.78 Å². The molecule has 4 aromatic rings. The fourth-order valence-corrected chi connectivity index (χ4v) is 4.60. The SMILES string of the molecule is O=C(Cc1cc2cc(-c3cnn4c3CN(CCF)CC4)cnc2cn1)c1ccnc(OC2CNC2)c1. The summed E-state index contributed by atoms with van der Waals surface area (Å²) in [7, 11) is 0. The Bertz CT molecular complexity index is 1420. The molecule has 4 aromatic heterocycles. The molecule has 36 heavy (non-hydrogen) atoms. The summed E-state index contributed by atoms with van der Waals surface area (Å²) < 4.78 is 20.6. The first-order valence-corrected chi connectivity index (χ1v) is 12.1. The van der Waals surface area contributed by atoms with Gasteiger partial charge in [-0.2, -0.15) is 5.10 Å². The summed E-state index contributed by atoms with van der Waals surface area (Å²) in [4.78, 5) is 28.3. The predicted molar refractivity (Wildman–Crippen MR) is 132 cm³/mol. The third kappa shape index (κ3) is 4.57. The molecule has 0 unspecified atom stereocenters. The molecule has 0 spiro atoms. The van der Waals surface area contributed by atoms with E-state index in [1.165, 1.54) is 0 Å². The van der Waals surface area contributed by atoms with E-state index in [9.17, 15) is 9.18 Å². The molecule has 10 heteroatoms. The lowest BCUT2D eigenvalue weighted by molar-refractivity contribution is 0.0989. The Kier molecular flexibility index (Phi) is 6.12. The molecule has 0 bridgehead atoms. The maximum absolute atomic E-state index is 13.0. The molecule has 0 radical (unpaired) electrons. The van der Waals surface area contributed by atoms with Crippen molar-refractivity contribution in [3.8, 4) is 17.0 Å². The second-order valence-electron chi connectivity index (χ2n) is 9.17. The molecule has 0 saturated carbocycles. The van der Waals surface area contributed by atoms with Gasteiger partial charge in [0.1, 0.15) is 12.8 Å². The second kappa shape index (κ2) is 9.71. The number of pyridine rings is 3. The second-order valence-corrected chi connectivity index (χ2v) is 9.17. The summed E-state index contributed by atoms with van der Waals surface area (Å²) in [6.45, 7) is 3.83. The maximum atomic E-state index is 13.0. The number of Topliss-reactive ketones (excluding diaryl/α,β-unsaturated/α-hetero) is 1. The van der Waals surface area contributed by atoms with Gasteiger partial charge in [-0.05, 0) is 18.2 Å². The van der Waals surface area contributed by atoms with Crippen LogP contribution in [-0.2, 0) is 19.5 Å². The Morgan fingerprint density at radius 2 is 2.03 bits per heavy atom. The van der Waals surface area contributed by atoms with Crippen LogP contribution in [0.4, 0.5) is 4.39 Å². The molecule has 0 aromatic carbocycles. The lowest BCUT2D eigenvalue weighted by Gasteiger charge is -2.27. The normalized spacial score (nSPS) is 16.0. The fraction of sp³-hybridized carbons (Fsp3) is 0.346. The Morgan fingerprint density at radius 3 is 2.86 bits per heavy atom. The molecular weight excluding hydrogens is 461 g/mol. The van der Waals surface area contributed by atoms with E-state index in [0.29, 0.717) is 30.2 Å². The highest BCUT2D eigenvalue weighted by Gasteiger charge is 2.22. The number of ketones is 1. The van der Waals surface area contributed by atoms with Gasteiger partial charge >= 0.3 is 0 Å². The number of hydrogen-bond acceptors (Lipinski definition) is 8. The van der Waals surface area contributed by atoms with Gasteiger partial charge in [0.2, 0.25) is 5.88 Å². The van der Waals surface area contributed by atoms with Gasteiger partial charge < -0.3 is 10.1 Å². The van der Waals surface area contributed by atoms with E-state index in [0.717, 1.165) is 53.9 Å². The van der Waals surface area contributed by atoms with Crippen LogP contribution in [0.15, 0.2) is 49.1 Å². The van der Waals surface area contributed by atoms with Gasteiger partial charge in [0.25, 0.3) is 0 Å². The minimum absolute atomic E-state index is 0.0522. The van der Waals surface area contributed by atoms with Gasteiger partial charge in [-0.15, -0.1) is 0 Å². The maximum Gasteiger partial charge on any atom is 0.214 e. The van der Waals surface area contributed by atoms with E-state index in [-0.39, 0.29) is 25.0 Å². The Hall–Kier alpha value is -3.76. The van der Waals surface area contributed by atoms with Crippen molar-refractivity contribution in [2.45, 2.75) is 25.6 Å². The lowest BCUT2D eigenvalue weighted by atomic mass is 10.0. The van der Waals surface area contributed by atoms with Gasteiger partial charge in [0, 0.05) is 79.0 Å². The van der Waals surface area contributed by atoms with Crippen LogP contribution in [0.2, 0.25) is 0 Å². The smallest absolute Gasteiger partial charge is 0.214 e. The number of ether oxygens (including phenoxy) is 1. The van der Waals surface area contributed by atoms with Crippen LogP contribution in [0.3, 0.4) is 0 Å². The van der Waals surface area contributed by atoms with Crippen LogP contribution in [0, 0.1) is 0 Å². The average Bonchev–Trinajstić information content (AvgIpc) is 3.29. The van der Waals surface area contributed by atoms with Crippen LogP contribution < -0.4 is 10.1 Å². The van der Waals surface area contributed by atoms with Crippen LogP contribution in [-0.4, -0.2) is 74.4 Å². The van der Waals surface area contributed by atoms with Gasteiger partial charge in [-0.25, -0.2) is 9.37 Å². The van der Waals surface area contributed by atoms with E-state index in [1.807, 2.05) is 23.1 Å². The minimum atomic E-state index is -0.360. The number of halogens is 1. The summed E-state index contributed by atoms with van der Waals surface area (Å²) in [5.41, 5.74) is 4.96. The number of fused-ring (bicyclic) bond motifs is 2. The molecule has 2 aliphatic heterocycles. The summed E-state index contributed by atoms with van der Waals surface area (Å²) in [6.07, 6.45) is 7.22. The van der Waals surface area contributed by atoms with Crippen LogP contribution in [0.1, 0.15) is 21.7 Å². The van der Waals surface area contributed by atoms with E-state index in [4.69, 9.17) is 4.74 Å². The zero-order valence-electron chi connectivity index (χ0n) is 19.7. The van der Waals surface area contributed by atoms with Crippen molar-refractivity contribution in [3.05, 3.63) is 66.0 Å². The molecule has 0 atom stereocenters. The van der Waals surface area contributed by atoms with E-state index in [1.54, 1.807) is 24.5 Å². The topological polar surface area (TPSA) is 98.1 Å². The first kappa shape index (κ1) is 22.7. The van der Waals surface area contributed by atoms with E-state index in [2.05, 4.69) is 36.3 Å². The number of nitrogens with zero attached hydrogens (tertiary/aromatic N) is 6. The largest absolute Gasteiger partial charge is 0.472 e. The summed E-state index contributed by atoms with van der Waals surface area (Å²) in [6, 6.07) is 7.35. The molecule has 6 heterocycles. The monoisotopic (exact) mass is 487 g/mol. The summed E-state index contributed by atoms with van der Waals surface area (Å²) >= 11 is 0. The van der Waals surface area contributed by atoms with Crippen molar-refractivity contribution < 1.29 is 13.9 Å². The molecule has 6 rings (SSSR count). The van der Waals surface area contributed by atoms with Crippen molar-refractivity contribution in [2.24, 2.45) is 0 Å². The molecule has 1 N–H and O–H groups in total. The number of alkyl halides is 1. The number of aromatic nitrogens is 5. The third-order valence-corrected chi connectivity index (χ3v) is 6.72. The molecule has 0 aliphatic carbocycles. The number of carbonyl (C=O) groups excluding carboxylic acids is 1. The van der Waals surface area contributed by atoms with Crippen LogP contribution >= 0.6 is 0 Å². The van der Waals surface area contributed by atoms with Crippen molar-refractivity contribution in [1.82, 2.24) is 34.9 Å². The first-order valence-electron chi connectivity index (χ1n) is 12.1. The van der Waals surface area contributed by atoms with Crippen molar-refractivity contribution in [2.75, 3.05) is 32.9 Å². The van der Waals surface area contributed by atoms with Gasteiger partial charge in [-0.3, -0.25) is 24.3 Å². The molecule has 184 valence electrons. The quantitative estimate of drug-likeness (QED) is 0.379. The summed E-state index contributed by atoms with van der Waals surface area (Å²) in [5.74, 6) is 0.408. The molecule has 2 aliphatic rings. The number of carbonyl (C=O) groups is 1. The number of rotatable bonds is 8. The van der Waals surface area contributed by atoms with E-state index < -0.39 is 0 Å². The van der Waals surface area contributed by atoms with Crippen molar-refractivity contribution in [1.29, 1.82) is 0 Å². The third-order valence-electron chi connectivity index (χ3n) is 6.72. The first-order chi connectivity index (χ1) is 17.7. The zero-order chi connectivity index (χ0) is 24.5. The number of nitrogens with one attached hydrogen (secondary N) is 1. The molecule has 1 saturated heterocycles. The Labute approximate surface area is 207 Å². The van der Waals surface area contributed by atoms with Crippen molar-refractivity contribution in [3.63, 3.8) is 0 Å². The molecule has 0 amide bonds. The minimum Gasteiger partial charge on any atom is -0.472 e. The standard InChI is InChI=1S/C26H26FN7O2/c27-2-4-33-5-6-34-24(16-33)22(14-32-34)19-7-18-8-20(30-15-23(18)31-11-19)10-25(35)17-1-3-29-26(9-17)36-21-12-28-13-21/h1,3,7-9,11,14-15,21,28H,2,4-6,10,12-13,16H2. The highest BCUT2D eigenvalue weighted by molar-refractivity contribution is 5.98. The fourth-order valence-electron chi connectivity index (χ4n) is 4.60. The number of hydrogen-bond donors (Lipinski definition) is 1. The Morgan fingerprint density at radius 1 is 1.11 bits per heavy atom. The van der Waals surface area contributed by atoms with E-state index >= 15 is 0 Å². The van der Waals surface area contributed by atoms with Gasteiger partial charge in [-0.1, -0.05) is 0 Å². The highest BCUT2D eigenvalue weighted by atomic mass is 19.1. The molecule has 1 fully saturated rings. The zero-order valence-corrected chi connectivity index (χ0v) is 19.7. The Balaban J connectivity index is 1.23. The summed E-state index contributed by atoms with van der Waals surface area (Å²) in [5, 5.41) is 8.57. The average molecular weight is 488 g/mol. The van der Waals surface area contributed by atoms with Crippen LogP contribution in [0.5, 0.6) is 5.88 Å². The van der Waals surface area contributed by atoms with Crippen molar-refractivity contribution >= 4 is 16.7 Å². The molecule has 9 nitrogen and oxygen atoms in total. The van der Waals surface area contributed by atoms with Crippen LogP contribution in [0.25, 0.3) is 22.0 Å². The molecular formula is C26H26FN7O2.